The van der Waals surface area contributed by atoms with Crippen molar-refractivity contribution in [1.82, 2.24) is 20.1 Å². The topological polar surface area (TPSA) is 59.1 Å². The highest BCUT2D eigenvalue weighted by Crippen LogP contribution is 2.23. The maximum absolute atomic E-state index is 5.80. The number of hydrogen-bond donors (Lipinski definition) is 2. The fourth-order valence-corrected chi connectivity index (χ4v) is 2.46. The van der Waals surface area contributed by atoms with Crippen LogP contribution in [0.4, 0.5) is 0 Å². The molecule has 5 heteroatoms. The Kier molecular flexibility index (Phi) is 6.17. The van der Waals surface area contributed by atoms with Crippen LogP contribution in [0.25, 0.3) is 0 Å². The zero-order chi connectivity index (χ0) is 15.3. The van der Waals surface area contributed by atoms with Gasteiger partial charge in [-0.2, -0.15) is 5.10 Å². The first-order valence-electron chi connectivity index (χ1n) is 7.56. The van der Waals surface area contributed by atoms with E-state index in [-0.39, 0.29) is 11.6 Å². The Labute approximate surface area is 123 Å². The van der Waals surface area contributed by atoms with Crippen LogP contribution in [-0.2, 0) is 6.42 Å². The van der Waals surface area contributed by atoms with Crippen LogP contribution in [0, 0.1) is 0 Å². The molecular formula is C15H31N5. The number of hydrazine groups is 1. The van der Waals surface area contributed by atoms with Crippen molar-refractivity contribution < 1.29 is 0 Å². The average Bonchev–Trinajstić information content (AvgIpc) is 2.91. The minimum Gasteiger partial charge on any atom is -0.302 e. The fourth-order valence-electron chi connectivity index (χ4n) is 2.46. The lowest BCUT2D eigenvalue weighted by Crippen LogP contribution is -2.59. The second-order valence-electron chi connectivity index (χ2n) is 6.07. The second kappa shape index (κ2) is 7.20. The Bertz CT molecular complexity index is 401. The maximum atomic E-state index is 5.80. The monoisotopic (exact) mass is 281 g/mol. The van der Waals surface area contributed by atoms with Crippen LogP contribution in [0.2, 0.25) is 0 Å². The van der Waals surface area contributed by atoms with Gasteiger partial charge < -0.3 is 4.90 Å². The van der Waals surface area contributed by atoms with Gasteiger partial charge >= 0.3 is 0 Å². The predicted molar refractivity (Wildman–Crippen MR) is 84.4 cm³/mol. The van der Waals surface area contributed by atoms with Crippen molar-refractivity contribution in [2.75, 3.05) is 14.1 Å². The van der Waals surface area contributed by atoms with Gasteiger partial charge in [-0.15, -0.1) is 0 Å². The molecule has 20 heavy (non-hydrogen) atoms. The first-order valence-corrected chi connectivity index (χ1v) is 7.56. The minimum atomic E-state index is 0.00883. The van der Waals surface area contributed by atoms with E-state index in [0.29, 0.717) is 6.04 Å². The van der Waals surface area contributed by atoms with Crippen LogP contribution in [-0.4, -0.2) is 40.4 Å². The lowest BCUT2D eigenvalue weighted by molar-refractivity contribution is 0.112. The van der Waals surface area contributed by atoms with Crippen molar-refractivity contribution >= 4 is 0 Å². The molecule has 1 rings (SSSR count). The molecule has 1 heterocycles. The first kappa shape index (κ1) is 17.1. The van der Waals surface area contributed by atoms with E-state index in [1.807, 2.05) is 4.68 Å². The zero-order valence-corrected chi connectivity index (χ0v) is 13.8. The van der Waals surface area contributed by atoms with Crippen LogP contribution in [0.15, 0.2) is 12.3 Å². The molecule has 0 fully saturated rings. The average molecular weight is 281 g/mol. The SMILES string of the molecule is CCC(C)n1ccc(CC(NN)C(C)(CC)N(C)C)n1. The summed E-state index contributed by atoms with van der Waals surface area (Å²) in [6.07, 6.45) is 5.02. The lowest BCUT2D eigenvalue weighted by atomic mass is 9.85. The molecule has 0 aliphatic rings. The van der Waals surface area contributed by atoms with Crippen LogP contribution < -0.4 is 11.3 Å². The van der Waals surface area contributed by atoms with Gasteiger partial charge in [0, 0.05) is 30.2 Å². The van der Waals surface area contributed by atoms with Gasteiger partial charge in [0.2, 0.25) is 0 Å². The van der Waals surface area contributed by atoms with Crippen molar-refractivity contribution in [3.8, 4) is 0 Å². The lowest BCUT2D eigenvalue weighted by Gasteiger charge is -2.42. The fraction of sp³-hybridized carbons (Fsp3) is 0.800. The Balaban J connectivity index is 2.85. The molecule has 5 nitrogen and oxygen atoms in total. The molecule has 0 saturated carbocycles. The quantitative estimate of drug-likeness (QED) is 0.565. The molecule has 1 aromatic rings. The highest BCUT2D eigenvalue weighted by atomic mass is 15.3. The van der Waals surface area contributed by atoms with E-state index >= 15 is 0 Å². The molecule has 3 atom stereocenters. The molecule has 0 radical (unpaired) electrons. The van der Waals surface area contributed by atoms with Crippen LogP contribution in [0.5, 0.6) is 0 Å². The smallest absolute Gasteiger partial charge is 0.0641 e. The molecule has 0 bridgehead atoms. The van der Waals surface area contributed by atoms with E-state index in [0.717, 1.165) is 25.0 Å². The van der Waals surface area contributed by atoms with E-state index in [4.69, 9.17) is 5.84 Å². The summed E-state index contributed by atoms with van der Waals surface area (Å²) in [5.74, 6) is 5.80. The van der Waals surface area contributed by atoms with Gasteiger partial charge in [-0.05, 0) is 46.9 Å². The molecule has 0 aliphatic heterocycles. The van der Waals surface area contributed by atoms with Gasteiger partial charge in [0.1, 0.15) is 0 Å². The van der Waals surface area contributed by atoms with Crippen molar-refractivity contribution in [1.29, 1.82) is 0 Å². The number of rotatable bonds is 8. The molecule has 0 aliphatic carbocycles. The van der Waals surface area contributed by atoms with E-state index in [1.54, 1.807) is 0 Å². The standard InChI is InChI=1S/C15H31N5/c1-7-12(3)20-10-9-13(18-20)11-14(17-16)15(4,8-2)19(5)6/h9-10,12,14,17H,7-8,11,16H2,1-6H3. The van der Waals surface area contributed by atoms with Crippen LogP contribution >= 0.6 is 0 Å². The van der Waals surface area contributed by atoms with E-state index in [2.05, 4.69) is 69.5 Å². The summed E-state index contributed by atoms with van der Waals surface area (Å²) in [5, 5.41) is 4.68. The van der Waals surface area contributed by atoms with Gasteiger partial charge in [-0.3, -0.25) is 16.0 Å². The number of likely N-dealkylation sites (N-methyl/N-ethyl adjacent to an activating group) is 1. The van der Waals surface area contributed by atoms with Crippen molar-refractivity contribution in [2.24, 2.45) is 5.84 Å². The molecule has 1 aromatic heterocycles. The Morgan fingerprint density at radius 2 is 2.10 bits per heavy atom. The Morgan fingerprint density at radius 1 is 1.45 bits per heavy atom. The third kappa shape index (κ3) is 3.59. The van der Waals surface area contributed by atoms with Gasteiger partial charge in [0.05, 0.1) is 5.69 Å². The summed E-state index contributed by atoms with van der Waals surface area (Å²) < 4.78 is 2.04. The van der Waals surface area contributed by atoms with Crippen LogP contribution in [0.1, 0.15) is 52.3 Å². The molecule has 0 spiro atoms. The van der Waals surface area contributed by atoms with Crippen molar-refractivity contribution in [3.05, 3.63) is 18.0 Å². The van der Waals surface area contributed by atoms with Gasteiger partial charge in [-0.1, -0.05) is 13.8 Å². The number of nitrogens with one attached hydrogen (secondary N) is 1. The molecule has 0 saturated heterocycles. The minimum absolute atomic E-state index is 0.00883. The number of nitrogens with zero attached hydrogens (tertiary/aromatic N) is 3. The summed E-state index contributed by atoms with van der Waals surface area (Å²) in [6.45, 7) is 8.80. The largest absolute Gasteiger partial charge is 0.302 e. The summed E-state index contributed by atoms with van der Waals surface area (Å²) in [4.78, 5) is 2.24. The third-order valence-electron chi connectivity index (χ3n) is 4.81. The normalized spacial score (nSPS) is 18.0. The highest BCUT2D eigenvalue weighted by Gasteiger charge is 2.34. The molecular weight excluding hydrogens is 250 g/mol. The summed E-state index contributed by atoms with van der Waals surface area (Å²) in [6, 6.07) is 2.71. The molecule has 3 N–H and O–H groups in total. The van der Waals surface area contributed by atoms with Crippen molar-refractivity contribution in [3.63, 3.8) is 0 Å². The second-order valence-corrected chi connectivity index (χ2v) is 6.07. The van der Waals surface area contributed by atoms with E-state index in [9.17, 15) is 0 Å². The highest BCUT2D eigenvalue weighted by molar-refractivity contribution is 5.06. The summed E-state index contributed by atoms with van der Waals surface area (Å²) in [7, 11) is 4.21. The molecule has 3 unspecified atom stereocenters. The third-order valence-corrected chi connectivity index (χ3v) is 4.81. The Morgan fingerprint density at radius 3 is 2.55 bits per heavy atom. The zero-order valence-electron chi connectivity index (χ0n) is 13.8. The van der Waals surface area contributed by atoms with Gasteiger partial charge in [0.15, 0.2) is 0 Å². The predicted octanol–water partition coefficient (Wildman–Crippen LogP) is 1.96. The Hall–Kier alpha value is -0.910. The van der Waals surface area contributed by atoms with Crippen LogP contribution in [0.3, 0.4) is 0 Å². The summed E-state index contributed by atoms with van der Waals surface area (Å²) >= 11 is 0. The van der Waals surface area contributed by atoms with Gasteiger partial charge in [0.25, 0.3) is 0 Å². The molecule has 0 amide bonds. The number of aromatic nitrogens is 2. The van der Waals surface area contributed by atoms with E-state index < -0.39 is 0 Å². The first-order chi connectivity index (χ1) is 9.38. The van der Waals surface area contributed by atoms with Crippen molar-refractivity contribution in [2.45, 2.75) is 64.6 Å². The molecule has 0 aromatic carbocycles. The van der Waals surface area contributed by atoms with E-state index in [1.165, 1.54) is 0 Å². The number of nitrogens with two attached hydrogens (primary N) is 1. The summed E-state index contributed by atoms with van der Waals surface area (Å²) in [5.41, 5.74) is 4.09. The molecule has 116 valence electrons. The maximum Gasteiger partial charge on any atom is 0.0641 e. The number of hydrogen-bond acceptors (Lipinski definition) is 4. The van der Waals surface area contributed by atoms with Gasteiger partial charge in [-0.25, -0.2) is 0 Å².